The number of benzene rings is 4. The Bertz CT molecular complexity index is 4220. The van der Waals surface area contributed by atoms with Crippen LogP contribution in [0.4, 0.5) is 25.0 Å². The number of thiazole rings is 2. The normalized spacial score (nSPS) is 18.2. The van der Waals surface area contributed by atoms with E-state index in [2.05, 4.69) is 36.6 Å². The van der Waals surface area contributed by atoms with Crippen molar-refractivity contribution >= 4 is 98.8 Å². The SMILES string of the molecule is Cc1ncsc1-c1ccc(CNC(=O)[C@@H]2C[C@@H](O)CN2C(=O)[C@@H](NC(=O)C2(F)CC2)C(C)(C)C)c(OCCOCCOc2cc(N)ccc2Cl)c1.Cc1ncsc1-c1ccc(CNC(=O)[C@@H]2C[C@@H](O)CN2C(=O)[C@@H](NC(=O)C2(F)CC2)C(C)(C)C)c(OCCOCCOc2cc(NC(=O)OC(C)(C)C)ccc2Cl)c1. The minimum atomic E-state index is -1.98. The van der Waals surface area contributed by atoms with Crippen LogP contribution in [0.2, 0.25) is 10.0 Å². The second kappa shape index (κ2) is 36.6. The Kier molecular flexibility index (Phi) is 28.4. The van der Waals surface area contributed by atoms with Crippen molar-refractivity contribution in [2.24, 2.45) is 10.8 Å². The molecule has 4 heterocycles. The number of likely N-dealkylation sites (tertiary alicyclic amines) is 2. The number of ether oxygens (including phenoxy) is 7. The zero-order valence-corrected chi connectivity index (χ0v) is 66.2. The predicted molar refractivity (Wildman–Crippen MR) is 410 cm³/mol. The molecule has 0 radical (unpaired) electrons. The van der Waals surface area contributed by atoms with E-state index in [9.17, 15) is 52.6 Å². The quantitative estimate of drug-likeness (QED) is 0.0148. The highest BCUT2D eigenvalue weighted by Crippen LogP contribution is 2.43. The van der Waals surface area contributed by atoms with Gasteiger partial charge in [-0.15, -0.1) is 22.7 Å². The van der Waals surface area contributed by atoms with E-state index in [1.165, 1.54) is 32.5 Å². The number of carbonyl (C=O) groups is 7. The third kappa shape index (κ3) is 23.5. The lowest BCUT2D eigenvalue weighted by Crippen LogP contribution is -2.59. The molecule has 4 aliphatic rings. The molecule has 26 nitrogen and oxygen atoms in total. The molecule has 2 saturated carbocycles. The number of aliphatic hydroxyl groups is 2. The molecule has 10 rings (SSSR count). The van der Waals surface area contributed by atoms with Crippen LogP contribution in [0, 0.1) is 24.7 Å². The van der Waals surface area contributed by atoms with E-state index in [0.717, 1.165) is 32.3 Å². The van der Waals surface area contributed by atoms with Crippen LogP contribution in [-0.2, 0) is 56.1 Å². The average molecular weight is 1590 g/mol. The first kappa shape index (κ1) is 84.5. The number of alkyl halides is 2. The third-order valence-corrected chi connectivity index (χ3v) is 20.8. The fourth-order valence-corrected chi connectivity index (χ4v) is 13.9. The third-order valence-electron chi connectivity index (χ3n) is 18.2. The van der Waals surface area contributed by atoms with Gasteiger partial charge in [-0.2, -0.15) is 0 Å². The number of nitrogens with one attached hydrogen (secondary N) is 5. The summed E-state index contributed by atoms with van der Waals surface area (Å²) in [6.07, 6.45) is -2.06. The Morgan fingerprint density at radius 1 is 0.569 bits per heavy atom. The Hall–Kier alpha value is -8.49. The Labute approximate surface area is 651 Å². The van der Waals surface area contributed by atoms with Gasteiger partial charge >= 0.3 is 6.09 Å². The number of amides is 7. The molecule has 0 unspecified atom stereocenters. The summed E-state index contributed by atoms with van der Waals surface area (Å²) in [4.78, 5) is 106. The van der Waals surface area contributed by atoms with Gasteiger partial charge in [0.05, 0.1) is 80.8 Å². The number of hydrogen-bond donors (Lipinski definition) is 8. The van der Waals surface area contributed by atoms with E-state index in [0.29, 0.717) is 55.5 Å². The van der Waals surface area contributed by atoms with Gasteiger partial charge < -0.3 is 80.2 Å². The van der Waals surface area contributed by atoms with Gasteiger partial charge in [-0.05, 0) is 119 Å². The highest BCUT2D eigenvalue weighted by atomic mass is 35.5. The summed E-state index contributed by atoms with van der Waals surface area (Å²) in [6, 6.07) is 16.9. The number of nitrogens with zero attached hydrogens (tertiary/aromatic N) is 4. The molecule has 7 amide bonds. The standard InChI is InChI=1S/C41H53ClFN5O9S.C36H45ClFN5O7S/c1-24-33(58-23-45-24)25-8-9-26(21-44-35(50)30-20-28(49)22-48(30)36(51)34(39(2,3)4)47-37(52)41(43)12-13-41)31(18-25)55-16-14-54-15-17-56-32-19-27(10-11-29(32)42)46-38(53)57-40(5,6)7;1-21-30(51-20-41-21)22-5-6-23(28(15-22)49-13-11-48-12-14-50-29-16-24(39)7-8-26(29)37)18-40-32(45)27-17-25(44)19-43(27)33(46)31(35(2,3)4)42-34(47)36(38)9-10-36/h8-11,18-19,23,28,30,34,49H,12-17,20-22H2,1-7H3,(H,44,50)(H,46,53)(H,47,52);5-8,15-16,20,25,27,31,44H,9-14,17-19,39H2,1-4H3,(H,40,45)(H,42,47)/t28-,30+,34-;25-,27+,31-/m11/s1. The summed E-state index contributed by atoms with van der Waals surface area (Å²) < 4.78 is 69.6. The van der Waals surface area contributed by atoms with Crippen molar-refractivity contribution in [3.8, 4) is 43.9 Å². The van der Waals surface area contributed by atoms with E-state index in [4.69, 9.17) is 62.1 Å². The fraction of sp³-hybridized carbons (Fsp3) is 0.519. The largest absolute Gasteiger partial charge is 0.491 e. The van der Waals surface area contributed by atoms with Crippen LogP contribution in [0.1, 0.15) is 123 Å². The molecule has 6 atom stereocenters. The number of hydrogen-bond acceptors (Lipinski definition) is 21. The minimum absolute atomic E-state index is 0.00401. The molecule has 32 heteroatoms. The summed E-state index contributed by atoms with van der Waals surface area (Å²) in [5.41, 5.74) is 9.02. The van der Waals surface area contributed by atoms with Gasteiger partial charge in [0.15, 0.2) is 11.3 Å². The monoisotopic (exact) mass is 1590 g/mol. The van der Waals surface area contributed by atoms with Crippen molar-refractivity contribution < 1.29 is 85.7 Å². The van der Waals surface area contributed by atoms with E-state index in [1.807, 2.05) is 50.2 Å². The second-order valence-corrected chi connectivity index (χ2v) is 33.0. The maximum atomic E-state index is 14.6. The molecule has 9 N–H and O–H groups in total. The lowest BCUT2D eigenvalue weighted by molar-refractivity contribution is -0.145. The average Bonchev–Trinajstić information content (AvgIpc) is 1.64. The van der Waals surface area contributed by atoms with E-state index in [-0.39, 0.29) is 118 Å². The van der Waals surface area contributed by atoms with Crippen molar-refractivity contribution in [3.05, 3.63) is 116 Å². The smallest absolute Gasteiger partial charge is 0.412 e. The first-order valence-corrected chi connectivity index (χ1v) is 38.5. The number of nitrogens with two attached hydrogens (primary N) is 1. The number of carbonyl (C=O) groups excluding carboxylic acids is 7. The number of β-amino-alcohol motifs (C(OH)–C–C–N with tert-alkyl or cyclic N) is 2. The van der Waals surface area contributed by atoms with E-state index < -0.39 is 106 Å². The van der Waals surface area contributed by atoms with Gasteiger partial charge in [0.2, 0.25) is 23.6 Å². The van der Waals surface area contributed by atoms with Crippen LogP contribution in [0.5, 0.6) is 23.0 Å². The molecule has 6 aromatic rings. The zero-order chi connectivity index (χ0) is 79.3. The number of anilines is 2. The number of halogens is 4. The number of nitrogen functional groups attached to an aromatic ring is 1. The van der Waals surface area contributed by atoms with Gasteiger partial charge in [0, 0.05) is 73.7 Å². The van der Waals surface area contributed by atoms with Gasteiger partial charge in [-0.25, -0.2) is 23.5 Å². The molecule has 2 aliphatic carbocycles. The predicted octanol–water partition coefficient (Wildman–Crippen LogP) is 10.6. The van der Waals surface area contributed by atoms with Crippen molar-refractivity contribution in [2.45, 2.75) is 181 Å². The van der Waals surface area contributed by atoms with E-state index >= 15 is 0 Å². The van der Waals surface area contributed by atoms with Crippen LogP contribution < -0.4 is 51.3 Å². The summed E-state index contributed by atoms with van der Waals surface area (Å²) >= 11 is 15.4. The molecule has 4 aromatic carbocycles. The molecular weight excluding hydrogens is 1490 g/mol. The number of rotatable bonds is 31. The fourth-order valence-electron chi connectivity index (χ4n) is 11.9. The molecule has 0 spiro atoms. The lowest BCUT2D eigenvalue weighted by Gasteiger charge is -2.35. The summed E-state index contributed by atoms with van der Waals surface area (Å²) in [5, 5.41) is 35.5. The molecule has 109 heavy (non-hydrogen) atoms. The molecule has 2 aromatic heterocycles. The van der Waals surface area contributed by atoms with Crippen LogP contribution in [-0.4, -0.2) is 191 Å². The highest BCUT2D eigenvalue weighted by Gasteiger charge is 2.55. The summed E-state index contributed by atoms with van der Waals surface area (Å²) in [6.45, 7) is 21.4. The van der Waals surface area contributed by atoms with Crippen LogP contribution in [0.3, 0.4) is 0 Å². The Morgan fingerprint density at radius 2 is 0.963 bits per heavy atom. The van der Waals surface area contributed by atoms with Crippen molar-refractivity contribution in [1.29, 1.82) is 0 Å². The lowest BCUT2D eigenvalue weighted by atomic mass is 9.85. The molecule has 0 bridgehead atoms. The zero-order valence-electron chi connectivity index (χ0n) is 63.1. The molecule has 2 saturated heterocycles. The number of aryl methyl sites for hydroxylation is 2. The second-order valence-electron chi connectivity index (χ2n) is 30.5. The van der Waals surface area contributed by atoms with Crippen LogP contribution in [0.25, 0.3) is 20.9 Å². The van der Waals surface area contributed by atoms with Crippen molar-refractivity contribution in [1.82, 2.24) is 41.0 Å². The molecular formula is C77H98Cl2F2N10O16S2. The Morgan fingerprint density at radius 3 is 1.34 bits per heavy atom. The van der Waals surface area contributed by atoms with Gasteiger partial charge in [-0.1, -0.05) is 89.0 Å². The summed E-state index contributed by atoms with van der Waals surface area (Å²) in [5.74, 6) is -1.88. The Balaban J connectivity index is 0.000000253. The number of aliphatic hydroxyl groups excluding tert-OH is 2. The number of aromatic nitrogens is 2. The van der Waals surface area contributed by atoms with Crippen LogP contribution >= 0.6 is 45.9 Å². The topological polar surface area (TPSA) is 343 Å². The van der Waals surface area contributed by atoms with Crippen LogP contribution in [0.15, 0.2) is 83.8 Å². The maximum Gasteiger partial charge on any atom is 0.412 e. The molecule has 2 aliphatic heterocycles. The van der Waals surface area contributed by atoms with Gasteiger partial charge in [-0.3, -0.25) is 34.1 Å². The first-order chi connectivity index (χ1) is 51.4. The van der Waals surface area contributed by atoms with E-state index in [1.54, 1.807) is 110 Å². The summed E-state index contributed by atoms with van der Waals surface area (Å²) in [7, 11) is 0. The molecule has 592 valence electrons. The highest BCUT2D eigenvalue weighted by molar-refractivity contribution is 7.13. The van der Waals surface area contributed by atoms with Crippen molar-refractivity contribution in [2.75, 3.05) is 77.0 Å². The van der Waals surface area contributed by atoms with Gasteiger partial charge in [0.1, 0.15) is 79.2 Å². The maximum absolute atomic E-state index is 14.6. The molecule has 4 fully saturated rings. The van der Waals surface area contributed by atoms with Crippen molar-refractivity contribution in [3.63, 3.8) is 0 Å². The van der Waals surface area contributed by atoms with Gasteiger partial charge in [0.25, 0.3) is 11.8 Å². The first-order valence-electron chi connectivity index (χ1n) is 36.0. The minimum Gasteiger partial charge on any atom is -0.491 e.